The van der Waals surface area contributed by atoms with Crippen LogP contribution in [0.4, 0.5) is 0 Å². The Kier molecular flexibility index (Phi) is 6.55. The lowest BCUT2D eigenvalue weighted by atomic mass is 10.0. The molecule has 0 aliphatic rings. The standard InChI is InChI=1S/C25H21ClN4O/c26-22-13-11-19(12-14-22)17-28-29-23(31)15-16-30-18-27-24(20-7-3-1-4-8-20)25(30)21-9-5-2-6-10-21/h1-14,17-18H,15-16H2,(H,29,31)/b28-17+. The van der Waals surface area contributed by atoms with Crippen LogP contribution < -0.4 is 5.43 Å². The van der Waals surface area contributed by atoms with Gasteiger partial charge in [-0.15, -0.1) is 0 Å². The van der Waals surface area contributed by atoms with Gasteiger partial charge in [-0.05, 0) is 17.7 Å². The molecule has 1 aromatic heterocycles. The number of amides is 1. The van der Waals surface area contributed by atoms with Gasteiger partial charge in [0, 0.05) is 29.1 Å². The summed E-state index contributed by atoms with van der Waals surface area (Å²) in [7, 11) is 0. The van der Waals surface area contributed by atoms with E-state index in [-0.39, 0.29) is 12.3 Å². The first-order valence-corrected chi connectivity index (χ1v) is 10.3. The fourth-order valence-corrected chi connectivity index (χ4v) is 3.39. The van der Waals surface area contributed by atoms with Gasteiger partial charge < -0.3 is 4.57 Å². The highest BCUT2D eigenvalue weighted by Gasteiger charge is 2.15. The van der Waals surface area contributed by atoms with Gasteiger partial charge in [0.15, 0.2) is 0 Å². The van der Waals surface area contributed by atoms with E-state index >= 15 is 0 Å². The summed E-state index contributed by atoms with van der Waals surface area (Å²) in [6.07, 6.45) is 3.66. The third-order valence-electron chi connectivity index (χ3n) is 4.78. The summed E-state index contributed by atoms with van der Waals surface area (Å²) in [6.45, 7) is 0.492. The first kappa shape index (κ1) is 20.6. The molecule has 0 aliphatic heterocycles. The largest absolute Gasteiger partial charge is 0.330 e. The fraction of sp³-hybridized carbons (Fsp3) is 0.0800. The zero-order chi connectivity index (χ0) is 21.5. The maximum Gasteiger partial charge on any atom is 0.241 e. The zero-order valence-corrected chi connectivity index (χ0v) is 17.5. The molecule has 0 saturated carbocycles. The van der Waals surface area contributed by atoms with Crippen molar-refractivity contribution in [3.05, 3.63) is 102 Å². The number of hydrazone groups is 1. The van der Waals surface area contributed by atoms with Crippen LogP contribution in [0.2, 0.25) is 5.02 Å². The predicted octanol–water partition coefficient (Wildman–Crippen LogP) is 5.41. The molecule has 1 heterocycles. The highest BCUT2D eigenvalue weighted by molar-refractivity contribution is 6.30. The van der Waals surface area contributed by atoms with Crippen LogP contribution in [0.15, 0.2) is 96.4 Å². The second-order valence-electron chi connectivity index (χ2n) is 6.96. The minimum absolute atomic E-state index is 0.167. The number of aromatic nitrogens is 2. The van der Waals surface area contributed by atoms with Crippen LogP contribution in [-0.2, 0) is 11.3 Å². The van der Waals surface area contributed by atoms with Crippen molar-refractivity contribution in [2.24, 2.45) is 5.10 Å². The second kappa shape index (κ2) is 9.87. The van der Waals surface area contributed by atoms with Gasteiger partial charge in [-0.3, -0.25) is 4.79 Å². The van der Waals surface area contributed by atoms with Gasteiger partial charge in [0.1, 0.15) is 0 Å². The maximum atomic E-state index is 12.3. The Bertz CT molecular complexity index is 1170. The molecule has 0 spiro atoms. The second-order valence-corrected chi connectivity index (χ2v) is 7.40. The van der Waals surface area contributed by atoms with Crippen LogP contribution in [0.3, 0.4) is 0 Å². The van der Waals surface area contributed by atoms with Gasteiger partial charge in [0.05, 0.1) is 23.9 Å². The van der Waals surface area contributed by atoms with Crippen LogP contribution >= 0.6 is 11.6 Å². The molecule has 31 heavy (non-hydrogen) atoms. The molecule has 1 amide bonds. The van der Waals surface area contributed by atoms with E-state index in [1.54, 1.807) is 24.7 Å². The van der Waals surface area contributed by atoms with E-state index in [2.05, 4.69) is 27.6 Å². The van der Waals surface area contributed by atoms with E-state index in [0.29, 0.717) is 11.6 Å². The van der Waals surface area contributed by atoms with E-state index < -0.39 is 0 Å². The van der Waals surface area contributed by atoms with Crippen LogP contribution in [0.1, 0.15) is 12.0 Å². The quantitative estimate of drug-likeness (QED) is 0.316. The van der Waals surface area contributed by atoms with E-state index in [1.165, 1.54) is 0 Å². The molecule has 0 atom stereocenters. The van der Waals surface area contributed by atoms with Crippen LogP contribution in [-0.4, -0.2) is 21.7 Å². The van der Waals surface area contributed by atoms with Crippen molar-refractivity contribution in [1.29, 1.82) is 0 Å². The number of benzene rings is 3. The van der Waals surface area contributed by atoms with Crippen molar-refractivity contribution in [3.8, 4) is 22.5 Å². The number of imidazole rings is 1. The summed E-state index contributed by atoms with van der Waals surface area (Å²) in [6, 6.07) is 27.4. The molecule has 0 aliphatic carbocycles. The van der Waals surface area contributed by atoms with Gasteiger partial charge in [-0.2, -0.15) is 5.10 Å². The van der Waals surface area contributed by atoms with Crippen molar-refractivity contribution in [3.63, 3.8) is 0 Å². The average Bonchev–Trinajstić information content (AvgIpc) is 3.24. The summed E-state index contributed by atoms with van der Waals surface area (Å²) in [5.74, 6) is -0.167. The zero-order valence-electron chi connectivity index (χ0n) is 16.8. The maximum absolute atomic E-state index is 12.3. The Morgan fingerprint density at radius 2 is 1.58 bits per heavy atom. The first-order valence-electron chi connectivity index (χ1n) is 9.94. The van der Waals surface area contributed by atoms with Crippen molar-refractivity contribution < 1.29 is 4.79 Å². The molecule has 0 saturated heterocycles. The summed E-state index contributed by atoms with van der Waals surface area (Å²) in [5.41, 5.74) is 7.42. The number of nitrogens with zero attached hydrogens (tertiary/aromatic N) is 3. The number of carbonyl (C=O) groups excluding carboxylic acids is 1. The fourth-order valence-electron chi connectivity index (χ4n) is 3.26. The van der Waals surface area contributed by atoms with Crippen molar-refractivity contribution in [2.75, 3.05) is 0 Å². The molecule has 154 valence electrons. The van der Waals surface area contributed by atoms with Crippen LogP contribution in [0, 0.1) is 0 Å². The number of hydrogen-bond acceptors (Lipinski definition) is 3. The molecule has 3 aromatic carbocycles. The molecular formula is C25H21ClN4O. The minimum atomic E-state index is -0.167. The lowest BCUT2D eigenvalue weighted by Gasteiger charge is -2.10. The molecule has 5 nitrogen and oxygen atoms in total. The van der Waals surface area contributed by atoms with E-state index in [0.717, 1.165) is 28.1 Å². The van der Waals surface area contributed by atoms with Crippen molar-refractivity contribution >= 4 is 23.7 Å². The predicted molar refractivity (Wildman–Crippen MR) is 125 cm³/mol. The van der Waals surface area contributed by atoms with Gasteiger partial charge >= 0.3 is 0 Å². The summed E-state index contributed by atoms with van der Waals surface area (Å²) >= 11 is 5.87. The Morgan fingerprint density at radius 3 is 2.26 bits per heavy atom. The number of carbonyl (C=O) groups is 1. The summed E-state index contributed by atoms with van der Waals surface area (Å²) in [5, 5.41) is 4.68. The van der Waals surface area contributed by atoms with Gasteiger partial charge in [-0.25, -0.2) is 10.4 Å². The number of nitrogens with one attached hydrogen (secondary N) is 1. The molecule has 4 aromatic rings. The monoisotopic (exact) mass is 428 g/mol. The topological polar surface area (TPSA) is 59.3 Å². The number of rotatable bonds is 7. The minimum Gasteiger partial charge on any atom is -0.330 e. The van der Waals surface area contributed by atoms with Gasteiger partial charge in [0.25, 0.3) is 0 Å². The van der Waals surface area contributed by atoms with Crippen molar-refractivity contribution in [2.45, 2.75) is 13.0 Å². The van der Waals surface area contributed by atoms with E-state index in [4.69, 9.17) is 11.6 Å². The normalized spacial score (nSPS) is 11.0. The lowest BCUT2D eigenvalue weighted by molar-refractivity contribution is -0.121. The highest BCUT2D eigenvalue weighted by Crippen LogP contribution is 2.31. The van der Waals surface area contributed by atoms with Gasteiger partial charge in [0.2, 0.25) is 5.91 Å². The Morgan fingerprint density at radius 1 is 0.935 bits per heavy atom. The molecular weight excluding hydrogens is 408 g/mol. The van der Waals surface area contributed by atoms with Gasteiger partial charge in [-0.1, -0.05) is 84.4 Å². The number of hydrogen-bond donors (Lipinski definition) is 1. The molecule has 4 rings (SSSR count). The summed E-state index contributed by atoms with van der Waals surface area (Å²) < 4.78 is 2.01. The number of aryl methyl sites for hydroxylation is 1. The van der Waals surface area contributed by atoms with E-state index in [1.807, 2.05) is 65.2 Å². The van der Waals surface area contributed by atoms with E-state index in [9.17, 15) is 4.79 Å². The summed E-state index contributed by atoms with van der Waals surface area (Å²) in [4.78, 5) is 16.9. The molecule has 0 unspecified atom stereocenters. The lowest BCUT2D eigenvalue weighted by Crippen LogP contribution is -2.19. The highest BCUT2D eigenvalue weighted by atomic mass is 35.5. The Hall–Kier alpha value is -3.70. The molecule has 0 bridgehead atoms. The smallest absolute Gasteiger partial charge is 0.241 e. The van der Waals surface area contributed by atoms with Crippen LogP contribution in [0.5, 0.6) is 0 Å². The molecule has 6 heteroatoms. The third-order valence-corrected chi connectivity index (χ3v) is 5.04. The van der Waals surface area contributed by atoms with Crippen LogP contribution in [0.25, 0.3) is 22.5 Å². The third kappa shape index (κ3) is 5.27. The van der Waals surface area contributed by atoms with Crippen molar-refractivity contribution in [1.82, 2.24) is 15.0 Å². The average molecular weight is 429 g/mol. The Balaban J connectivity index is 1.47. The Labute approximate surface area is 186 Å². The molecule has 1 N–H and O–H groups in total. The molecule has 0 radical (unpaired) electrons. The molecule has 0 fully saturated rings. The SMILES string of the molecule is O=C(CCn1cnc(-c2ccccc2)c1-c1ccccc1)N/N=C/c1ccc(Cl)cc1. The number of halogens is 1. The first-order chi connectivity index (χ1) is 15.2.